The molecule has 4 aliphatic carbocycles. The fourth-order valence-electron chi connectivity index (χ4n) is 3.48. The van der Waals surface area contributed by atoms with Gasteiger partial charge in [-0.25, -0.2) is 0 Å². The van der Waals surface area contributed by atoms with Crippen LogP contribution in [0.2, 0.25) is 0 Å². The van der Waals surface area contributed by atoms with E-state index in [1.54, 1.807) is 7.11 Å². The molecule has 0 atom stereocenters. The summed E-state index contributed by atoms with van der Waals surface area (Å²) in [5.41, 5.74) is 8.32. The minimum absolute atomic E-state index is 0.908. The largest absolute Gasteiger partial charge is 0.497 e. The molecule has 1 nitrogen and oxygen atoms in total. The molecule has 0 amide bonds. The first-order valence-electron chi connectivity index (χ1n) is 8.66. The maximum absolute atomic E-state index is 5.30. The van der Waals surface area contributed by atoms with Gasteiger partial charge in [0.05, 0.1) is 7.11 Å². The van der Waals surface area contributed by atoms with E-state index in [4.69, 9.17) is 4.74 Å². The van der Waals surface area contributed by atoms with Crippen LogP contribution < -0.4 is 4.74 Å². The zero-order valence-corrected chi connectivity index (χ0v) is 14.1. The highest BCUT2D eigenvalue weighted by atomic mass is 16.5. The Morgan fingerprint density at radius 3 is 1.88 bits per heavy atom. The molecule has 1 heteroatoms. The molecule has 3 aromatic rings. The Morgan fingerprint density at radius 2 is 1.21 bits per heavy atom. The minimum Gasteiger partial charge on any atom is -0.497 e. The van der Waals surface area contributed by atoms with Crippen molar-refractivity contribution >= 4 is 0 Å². The van der Waals surface area contributed by atoms with Gasteiger partial charge >= 0.3 is 0 Å². The lowest BCUT2D eigenvalue weighted by atomic mass is 9.90. The number of benzene rings is 3. The van der Waals surface area contributed by atoms with Crippen LogP contribution in [0.4, 0.5) is 0 Å². The summed E-state index contributed by atoms with van der Waals surface area (Å²) in [4.78, 5) is 0. The Morgan fingerprint density at radius 1 is 0.625 bits per heavy atom. The van der Waals surface area contributed by atoms with Crippen LogP contribution in [0, 0.1) is 0 Å². The zero-order chi connectivity index (χ0) is 16.4. The number of methoxy groups -OCH3 is 1. The van der Waals surface area contributed by atoms with Gasteiger partial charge in [-0.15, -0.1) is 0 Å². The second-order valence-electron chi connectivity index (χ2n) is 6.54. The molecule has 0 unspecified atom stereocenters. The molecule has 7 rings (SSSR count). The van der Waals surface area contributed by atoms with Gasteiger partial charge in [0.25, 0.3) is 0 Å². The predicted molar refractivity (Wildman–Crippen MR) is 99.7 cm³/mol. The number of hydrogen-bond donors (Lipinski definition) is 0. The highest BCUT2D eigenvalue weighted by Crippen LogP contribution is 2.29. The Labute approximate surface area is 143 Å². The van der Waals surface area contributed by atoms with Crippen LogP contribution in [-0.2, 0) is 25.7 Å². The van der Waals surface area contributed by atoms with Gasteiger partial charge in [0.2, 0.25) is 0 Å². The SMILES string of the molecule is COc1ccc(-c2cc3ccc2CCc2ccc(cc2)CC3)cc1. The van der Waals surface area contributed by atoms with Crippen LogP contribution >= 0.6 is 0 Å². The number of rotatable bonds is 2. The smallest absolute Gasteiger partial charge is 0.118 e. The third-order valence-corrected chi connectivity index (χ3v) is 4.98. The summed E-state index contributed by atoms with van der Waals surface area (Å²) < 4.78 is 5.30. The number of hydrogen-bond acceptors (Lipinski definition) is 1. The lowest BCUT2D eigenvalue weighted by Gasteiger charge is -2.15. The van der Waals surface area contributed by atoms with Gasteiger partial charge in [0, 0.05) is 0 Å². The quantitative estimate of drug-likeness (QED) is 0.628. The molecule has 0 aromatic heterocycles. The van der Waals surface area contributed by atoms with E-state index in [0.717, 1.165) is 31.4 Å². The van der Waals surface area contributed by atoms with Crippen LogP contribution in [0.5, 0.6) is 5.75 Å². The van der Waals surface area contributed by atoms with Crippen molar-refractivity contribution in [1.82, 2.24) is 0 Å². The fraction of sp³-hybridized carbons (Fsp3) is 0.217. The molecule has 0 spiro atoms. The Hall–Kier alpha value is -2.54. The lowest BCUT2D eigenvalue weighted by molar-refractivity contribution is 0.415. The van der Waals surface area contributed by atoms with Gasteiger partial charge in [-0.2, -0.15) is 0 Å². The third kappa shape index (κ3) is 3.07. The molecule has 0 fully saturated rings. The van der Waals surface area contributed by atoms with E-state index >= 15 is 0 Å². The maximum Gasteiger partial charge on any atom is 0.118 e. The second-order valence-corrected chi connectivity index (χ2v) is 6.54. The van der Waals surface area contributed by atoms with Gasteiger partial charge in [-0.3, -0.25) is 0 Å². The third-order valence-electron chi connectivity index (χ3n) is 4.98. The highest BCUT2D eigenvalue weighted by Gasteiger charge is 2.09. The zero-order valence-electron chi connectivity index (χ0n) is 14.1. The molecule has 0 saturated carbocycles. The first kappa shape index (κ1) is 15.0. The van der Waals surface area contributed by atoms with Crippen LogP contribution in [-0.4, -0.2) is 7.11 Å². The van der Waals surface area contributed by atoms with E-state index in [1.165, 1.54) is 33.4 Å². The van der Waals surface area contributed by atoms with E-state index in [1.807, 2.05) is 12.1 Å². The van der Waals surface area contributed by atoms with Crippen molar-refractivity contribution in [3.8, 4) is 16.9 Å². The predicted octanol–water partition coefficient (Wildman–Crippen LogP) is 5.25. The molecule has 120 valence electrons. The molecule has 0 saturated heterocycles. The van der Waals surface area contributed by atoms with Gasteiger partial charge in [0.1, 0.15) is 5.75 Å². The Balaban J connectivity index is 1.75. The molecule has 24 heavy (non-hydrogen) atoms. The van der Waals surface area contributed by atoms with Gasteiger partial charge in [-0.1, -0.05) is 54.6 Å². The summed E-state index contributed by atoms with van der Waals surface area (Å²) in [6, 6.07) is 24.6. The Kier molecular flexibility index (Phi) is 4.08. The molecule has 0 aliphatic heterocycles. The topological polar surface area (TPSA) is 9.23 Å². The first-order chi connectivity index (χ1) is 11.8. The summed E-state index contributed by atoms with van der Waals surface area (Å²) in [6.45, 7) is 0. The van der Waals surface area contributed by atoms with E-state index < -0.39 is 0 Å². The van der Waals surface area contributed by atoms with Gasteiger partial charge in [-0.05, 0) is 71.2 Å². The van der Waals surface area contributed by atoms with Crippen LogP contribution in [0.1, 0.15) is 22.3 Å². The molecule has 0 heterocycles. The minimum atomic E-state index is 0.908. The summed E-state index contributed by atoms with van der Waals surface area (Å²) in [5.74, 6) is 0.908. The number of aryl methyl sites for hydroxylation is 4. The van der Waals surface area contributed by atoms with Crippen molar-refractivity contribution in [1.29, 1.82) is 0 Å². The molecule has 4 aliphatic rings. The van der Waals surface area contributed by atoms with Crippen LogP contribution in [0.3, 0.4) is 0 Å². The van der Waals surface area contributed by atoms with Crippen molar-refractivity contribution in [2.75, 3.05) is 7.11 Å². The average molecular weight is 314 g/mol. The lowest BCUT2D eigenvalue weighted by Crippen LogP contribution is -2.00. The highest BCUT2D eigenvalue weighted by molar-refractivity contribution is 5.69. The normalized spacial score (nSPS) is 13.4. The van der Waals surface area contributed by atoms with Crippen LogP contribution in [0.15, 0.2) is 66.7 Å². The summed E-state index contributed by atoms with van der Waals surface area (Å²) in [6.07, 6.45) is 4.34. The van der Waals surface area contributed by atoms with E-state index in [2.05, 4.69) is 54.6 Å². The second kappa shape index (κ2) is 6.52. The molecular formula is C23H22O. The van der Waals surface area contributed by atoms with Crippen molar-refractivity contribution in [2.24, 2.45) is 0 Å². The monoisotopic (exact) mass is 314 g/mol. The molecule has 3 aromatic carbocycles. The van der Waals surface area contributed by atoms with Crippen molar-refractivity contribution in [3.63, 3.8) is 0 Å². The van der Waals surface area contributed by atoms with Crippen molar-refractivity contribution in [2.45, 2.75) is 25.7 Å². The average Bonchev–Trinajstić information content (AvgIpc) is 2.64. The van der Waals surface area contributed by atoms with Gasteiger partial charge in [0.15, 0.2) is 0 Å². The maximum atomic E-state index is 5.30. The van der Waals surface area contributed by atoms with E-state index in [-0.39, 0.29) is 0 Å². The molecule has 0 N–H and O–H groups in total. The first-order valence-corrected chi connectivity index (χ1v) is 8.66. The van der Waals surface area contributed by atoms with Gasteiger partial charge < -0.3 is 4.74 Å². The van der Waals surface area contributed by atoms with Crippen molar-refractivity contribution in [3.05, 3.63) is 89.0 Å². The summed E-state index contributed by atoms with van der Waals surface area (Å²) in [5, 5.41) is 0. The summed E-state index contributed by atoms with van der Waals surface area (Å²) >= 11 is 0. The molecule has 4 bridgehead atoms. The standard InChI is InChI=1S/C23H22O/c1-24-22-14-12-21(13-15-22)23-16-19-7-6-17-2-4-18(5-3-17)8-10-20(23)11-9-19/h2-5,9,11-16H,6-8,10H2,1H3. The van der Waals surface area contributed by atoms with Crippen LogP contribution in [0.25, 0.3) is 11.1 Å². The number of ether oxygens (including phenoxy) is 1. The summed E-state index contributed by atoms with van der Waals surface area (Å²) in [7, 11) is 1.71. The van der Waals surface area contributed by atoms with E-state index in [9.17, 15) is 0 Å². The molecule has 0 radical (unpaired) electrons. The molecular weight excluding hydrogens is 292 g/mol. The van der Waals surface area contributed by atoms with E-state index in [0.29, 0.717) is 0 Å². The fourth-order valence-corrected chi connectivity index (χ4v) is 3.48. The van der Waals surface area contributed by atoms with Crippen molar-refractivity contribution < 1.29 is 4.74 Å². The Bertz CT molecular complexity index is 829.